The zero-order valence-corrected chi connectivity index (χ0v) is 74.4. The van der Waals surface area contributed by atoms with Gasteiger partial charge in [-0.1, -0.05) is 42.4 Å². The number of nitrogens with two attached hydrogens (primary N) is 3. The molecule has 4 aromatic heterocycles. The maximum Gasteiger partial charge on any atom is 0.412 e. The monoisotopic (exact) mass is 1840 g/mol. The van der Waals surface area contributed by atoms with Gasteiger partial charge in [0.05, 0.1) is 44.6 Å². The first-order valence-corrected chi connectivity index (χ1v) is 38.8. The Morgan fingerprint density at radius 3 is 1.00 bits per heavy atom. The van der Waals surface area contributed by atoms with Gasteiger partial charge >= 0.3 is 18.3 Å². The van der Waals surface area contributed by atoms with E-state index >= 15 is 0 Å². The molecular formula is C85H98Cl5F4N19O13. The van der Waals surface area contributed by atoms with Crippen LogP contribution in [-0.2, 0) is 33.2 Å². The van der Waals surface area contributed by atoms with Gasteiger partial charge in [0.2, 0.25) is 27.7 Å². The molecule has 0 aliphatic carbocycles. The number of allylic oxidation sites excluding steroid dienone is 1. The number of halogens is 9. The van der Waals surface area contributed by atoms with Crippen LogP contribution in [0, 0.1) is 23.3 Å². The molecule has 3 amide bonds. The van der Waals surface area contributed by atoms with E-state index in [1.165, 1.54) is 0 Å². The van der Waals surface area contributed by atoms with E-state index in [-0.39, 0.29) is 57.5 Å². The van der Waals surface area contributed by atoms with Gasteiger partial charge in [0.25, 0.3) is 0 Å². The number of carbonyl (C=O) groups excluding carboxylic acids is 4. The second-order valence-electron chi connectivity index (χ2n) is 28.0. The van der Waals surface area contributed by atoms with E-state index in [2.05, 4.69) is 89.0 Å². The van der Waals surface area contributed by atoms with Crippen molar-refractivity contribution in [2.45, 2.75) is 79.1 Å². The highest BCUT2D eigenvalue weighted by Gasteiger charge is 2.20. The van der Waals surface area contributed by atoms with E-state index in [9.17, 15) is 36.7 Å². The Morgan fingerprint density at radius 2 is 0.675 bits per heavy atom. The Balaban J connectivity index is 0.000000327. The standard InChI is InChI=1S/C24H28FN5O4.C19H20FN5O2.C15H16ClFN4O2.C11H16N2O2.C9H13NO2.C4HCl2FN2.C3H3ClO.ClH/c1-24(2,3)34-23(31)29-18-7-5-6-17(14-18)27-21-20(25)15-26-22(30-21)28-16-8-10-19(11-9-16)33-13-12-32-4;1-26-9-10-27-16-7-5-14(6-8-16)24-19-22-12-17(20)18(25-19)23-15-4-2-3-13(21)11-15;1-15(2,3)23-14(22)20-10-6-4-5-9(7-10)19-12-11(17)8-18-13(16)21-12;1-11(2,3)15-10(14)13-9-6-4-5-8(12)7-9;1-11-6-7-12-9-4-2-8(10)3-5-9;5-3-2(7)1-8-4(6)9-3;1-2-3(4)5;/h5-11,14-15H,12-13H2,1-4H3,(H,29,31)(H2,26,27,28,30);2-8,11-12H,9-10,21H2,1H3,(H2,22,23,24,25);4-8H,1-3H3,(H,20,22)(H,18,19,21);4-7H,12H2,1-3H3,(H,13,14);2-5H,6-7,10H2,1H3;1H;2H,1H2;1H. The van der Waals surface area contributed by atoms with E-state index in [0.717, 1.165) is 53.7 Å². The molecule has 0 aliphatic heterocycles. The summed E-state index contributed by atoms with van der Waals surface area (Å²) in [6.45, 7) is 22.3. The van der Waals surface area contributed by atoms with Crippen LogP contribution in [0.2, 0.25) is 15.7 Å². The van der Waals surface area contributed by atoms with E-state index in [1.807, 2.05) is 69.3 Å². The number of ether oxygens (including phenoxy) is 9. The number of hydrogen-bond donors (Lipinski definition) is 11. The third-order valence-electron chi connectivity index (χ3n) is 14.0. The third-order valence-corrected chi connectivity index (χ3v) is 14.8. The fraction of sp³-hybridized carbons (Fsp3) is 0.247. The Labute approximate surface area is 752 Å². The average Bonchev–Trinajstić information content (AvgIpc) is 0.846. The highest BCUT2D eigenvalue weighted by molar-refractivity contribution is 6.66. The number of methoxy groups -OCH3 is 3. The van der Waals surface area contributed by atoms with Gasteiger partial charge in [-0.25, -0.2) is 56.9 Å². The van der Waals surface area contributed by atoms with Crippen LogP contribution >= 0.6 is 58.8 Å². The topological polar surface area (TPSA) is 429 Å². The Bertz CT molecular complexity index is 5210. The number of benzene rings is 7. The fourth-order valence-electron chi connectivity index (χ4n) is 8.87. The van der Waals surface area contributed by atoms with Gasteiger partial charge in [-0.3, -0.25) is 20.7 Å². The van der Waals surface area contributed by atoms with E-state index in [4.69, 9.17) is 106 Å². The van der Waals surface area contributed by atoms with Crippen molar-refractivity contribution in [3.8, 4) is 17.2 Å². The molecule has 0 saturated heterocycles. The zero-order valence-electron chi connectivity index (χ0n) is 70.6. The van der Waals surface area contributed by atoms with Crippen LogP contribution < -0.4 is 73.9 Å². The first-order valence-electron chi connectivity index (χ1n) is 37.3. The highest BCUT2D eigenvalue weighted by atomic mass is 35.5. The predicted molar refractivity (Wildman–Crippen MR) is 488 cm³/mol. The van der Waals surface area contributed by atoms with E-state index < -0.39 is 63.6 Å². The van der Waals surface area contributed by atoms with Crippen LogP contribution in [-0.4, -0.2) is 141 Å². The maximum atomic E-state index is 14.4. The lowest BCUT2D eigenvalue weighted by atomic mass is 10.2. The van der Waals surface area contributed by atoms with Crippen molar-refractivity contribution in [2.24, 2.45) is 0 Å². The molecule has 14 N–H and O–H groups in total. The molecule has 0 radical (unpaired) electrons. The fourth-order valence-corrected chi connectivity index (χ4v) is 9.31. The normalized spacial score (nSPS) is 10.4. The van der Waals surface area contributed by atoms with Crippen molar-refractivity contribution in [1.82, 2.24) is 39.9 Å². The second-order valence-corrected chi connectivity index (χ2v) is 29.4. The molecule has 126 heavy (non-hydrogen) atoms. The summed E-state index contributed by atoms with van der Waals surface area (Å²) in [6.07, 6.45) is 3.47. The minimum atomic E-state index is -0.666. The van der Waals surface area contributed by atoms with Crippen LogP contribution in [0.25, 0.3) is 0 Å². The minimum absolute atomic E-state index is 0. The lowest BCUT2D eigenvalue weighted by molar-refractivity contribution is -0.107. The largest absolute Gasteiger partial charge is 0.491 e. The van der Waals surface area contributed by atoms with Gasteiger partial charge in [-0.05, 0) is 249 Å². The lowest BCUT2D eigenvalue weighted by Crippen LogP contribution is -2.27. The van der Waals surface area contributed by atoms with Crippen molar-refractivity contribution in [3.05, 3.63) is 246 Å². The molecule has 41 heteroatoms. The van der Waals surface area contributed by atoms with Crippen LogP contribution in [0.5, 0.6) is 17.2 Å². The van der Waals surface area contributed by atoms with Crippen molar-refractivity contribution in [1.29, 1.82) is 0 Å². The molecule has 0 saturated carbocycles. The van der Waals surface area contributed by atoms with Crippen molar-refractivity contribution < 1.29 is 79.4 Å². The Hall–Kier alpha value is -13.1. The van der Waals surface area contributed by atoms with Crippen molar-refractivity contribution in [3.63, 3.8) is 0 Å². The predicted octanol–water partition coefficient (Wildman–Crippen LogP) is 20.7. The molecule has 674 valence electrons. The van der Waals surface area contributed by atoms with E-state index in [1.54, 1.807) is 184 Å². The van der Waals surface area contributed by atoms with Gasteiger partial charge in [0.15, 0.2) is 45.9 Å². The first-order chi connectivity index (χ1) is 59.2. The molecule has 7 aromatic carbocycles. The molecule has 32 nitrogen and oxygen atoms in total. The number of nitrogen functional groups attached to an aromatic ring is 3. The number of amides is 3. The van der Waals surface area contributed by atoms with E-state index in [0.29, 0.717) is 96.6 Å². The molecule has 0 fully saturated rings. The number of carbonyl (C=O) groups is 4. The summed E-state index contributed by atoms with van der Waals surface area (Å²) in [7, 11) is 4.88. The SMILES string of the molecule is C=CC(=O)Cl.CC(C)(C)OC(=O)Nc1cccc(N)c1.CC(C)(C)OC(=O)Nc1cccc(Nc2nc(Cl)ncc2F)c1.COCCOc1ccc(N)cc1.COCCOc1ccc(Nc2ncc(F)c(Nc3cccc(N)c3)n2)cc1.COCCOc1ccc(Nc2ncc(F)c(Nc3cccc(NC(=O)OC(C)(C)C)c3)n2)cc1.Cl.Fc1cnc(Cl)nc1Cl. The lowest BCUT2D eigenvalue weighted by Gasteiger charge is -2.19. The molecule has 11 aromatic rings. The third kappa shape index (κ3) is 44.8. The maximum absolute atomic E-state index is 14.4. The molecule has 11 rings (SSSR count). The quantitative estimate of drug-likeness (QED) is 0.00350. The minimum Gasteiger partial charge on any atom is -0.491 e. The van der Waals surface area contributed by atoms with Crippen LogP contribution in [0.15, 0.2) is 207 Å². The molecule has 0 bridgehead atoms. The zero-order chi connectivity index (χ0) is 92.1. The average molecular weight is 1850 g/mol. The van der Waals surface area contributed by atoms with Gasteiger partial charge in [0.1, 0.15) is 53.9 Å². The summed E-state index contributed by atoms with van der Waals surface area (Å²) >= 11 is 20.8. The van der Waals surface area contributed by atoms with Crippen molar-refractivity contribution in [2.75, 3.05) is 121 Å². The first kappa shape index (κ1) is 105. The van der Waals surface area contributed by atoms with Crippen LogP contribution in [0.1, 0.15) is 62.3 Å². The summed E-state index contributed by atoms with van der Waals surface area (Å²) in [5.74, 6) is 0.191. The van der Waals surface area contributed by atoms with Gasteiger partial charge in [-0.15, -0.1) is 12.4 Å². The number of aromatic nitrogens is 8. The van der Waals surface area contributed by atoms with Crippen LogP contribution in [0.4, 0.5) is 124 Å². The smallest absolute Gasteiger partial charge is 0.412 e. The highest BCUT2D eigenvalue weighted by Crippen LogP contribution is 2.29. The van der Waals surface area contributed by atoms with Gasteiger partial charge in [-0.2, -0.15) is 15.0 Å². The summed E-state index contributed by atoms with van der Waals surface area (Å²) in [4.78, 5) is 74.9. The molecule has 0 aliphatic rings. The Kier molecular flexibility index (Phi) is 45.6. The summed E-state index contributed by atoms with van der Waals surface area (Å²) in [5, 5.41) is 21.6. The number of anilines is 16. The molecule has 0 unspecified atom stereocenters. The Morgan fingerprint density at radius 1 is 0.381 bits per heavy atom. The second kappa shape index (κ2) is 54.5. The summed E-state index contributed by atoms with van der Waals surface area (Å²) in [6, 6.07) is 49.1. The van der Waals surface area contributed by atoms with Gasteiger partial charge in [0, 0.05) is 83.9 Å². The number of nitrogens with zero attached hydrogens (tertiary/aromatic N) is 8. The molecule has 0 atom stereocenters. The van der Waals surface area contributed by atoms with Crippen LogP contribution in [0.3, 0.4) is 0 Å². The molecule has 0 spiro atoms. The summed E-state index contributed by atoms with van der Waals surface area (Å²) in [5.41, 5.74) is 21.7. The van der Waals surface area contributed by atoms with Crippen molar-refractivity contribution >= 4 is 174 Å². The molecular weight excluding hydrogens is 1750 g/mol. The summed E-state index contributed by atoms with van der Waals surface area (Å²) < 4.78 is 101. The van der Waals surface area contributed by atoms with Gasteiger partial charge < -0.3 is 86.4 Å². The number of hydrogen-bond acceptors (Lipinski definition) is 29. The molecule has 4 heterocycles. The number of nitrogens with one attached hydrogen (secondary N) is 8. The number of rotatable bonds is 26.